The third kappa shape index (κ3) is 6.11. The standard InChI is InChI=1S/C15H19N3O5S/c19-14-7-8-18(15(20)17-14)12-23-9-4-10-24(21,22)16-11-13-5-2-1-3-6-13/h1-3,5-8,16H,4,9-12H2,(H,17,19,20). The third-order valence-electron chi connectivity index (χ3n) is 3.17. The molecule has 0 fully saturated rings. The lowest BCUT2D eigenvalue weighted by molar-refractivity contribution is 0.0744. The predicted molar refractivity (Wildman–Crippen MR) is 89.0 cm³/mol. The molecule has 1 aromatic heterocycles. The van der Waals surface area contributed by atoms with Crippen molar-refractivity contribution >= 4 is 10.0 Å². The summed E-state index contributed by atoms with van der Waals surface area (Å²) in [5, 5.41) is 0. The van der Waals surface area contributed by atoms with E-state index in [1.165, 1.54) is 16.8 Å². The Morgan fingerprint density at radius 1 is 1.12 bits per heavy atom. The Morgan fingerprint density at radius 2 is 1.88 bits per heavy atom. The number of H-pyrrole nitrogens is 1. The molecule has 2 rings (SSSR count). The molecule has 0 aliphatic rings. The molecule has 0 saturated carbocycles. The van der Waals surface area contributed by atoms with Crippen LogP contribution in [0.4, 0.5) is 0 Å². The van der Waals surface area contributed by atoms with Gasteiger partial charge in [-0.1, -0.05) is 30.3 Å². The zero-order chi connectivity index (χ0) is 17.4. The van der Waals surface area contributed by atoms with Crippen molar-refractivity contribution < 1.29 is 13.2 Å². The first-order valence-electron chi connectivity index (χ1n) is 7.35. The maximum absolute atomic E-state index is 11.9. The highest BCUT2D eigenvalue weighted by Gasteiger charge is 2.09. The average molecular weight is 353 g/mol. The zero-order valence-corrected chi connectivity index (χ0v) is 13.8. The van der Waals surface area contributed by atoms with Gasteiger partial charge < -0.3 is 4.74 Å². The molecule has 0 amide bonds. The van der Waals surface area contributed by atoms with Crippen LogP contribution in [0.3, 0.4) is 0 Å². The van der Waals surface area contributed by atoms with Crippen molar-refractivity contribution in [2.45, 2.75) is 19.7 Å². The monoisotopic (exact) mass is 353 g/mol. The molecule has 0 aliphatic carbocycles. The second-order valence-electron chi connectivity index (χ2n) is 5.10. The second kappa shape index (κ2) is 8.57. The lowest BCUT2D eigenvalue weighted by atomic mass is 10.2. The summed E-state index contributed by atoms with van der Waals surface area (Å²) in [4.78, 5) is 24.4. The minimum Gasteiger partial charge on any atom is -0.361 e. The van der Waals surface area contributed by atoms with Gasteiger partial charge in [0.2, 0.25) is 10.0 Å². The maximum Gasteiger partial charge on any atom is 0.330 e. The number of sulfonamides is 1. The Hall–Kier alpha value is -2.23. The lowest BCUT2D eigenvalue weighted by Gasteiger charge is -2.08. The number of benzene rings is 1. The van der Waals surface area contributed by atoms with Crippen molar-refractivity contribution in [3.63, 3.8) is 0 Å². The molecule has 0 radical (unpaired) electrons. The summed E-state index contributed by atoms with van der Waals surface area (Å²) in [6.45, 7) is 0.377. The van der Waals surface area contributed by atoms with Crippen LogP contribution in [0.5, 0.6) is 0 Å². The zero-order valence-electron chi connectivity index (χ0n) is 13.0. The van der Waals surface area contributed by atoms with Crippen molar-refractivity contribution in [3.8, 4) is 0 Å². The fourth-order valence-corrected chi connectivity index (χ4v) is 2.95. The third-order valence-corrected chi connectivity index (χ3v) is 4.58. The summed E-state index contributed by atoms with van der Waals surface area (Å²) in [6, 6.07) is 10.4. The Bertz CT molecular complexity index is 858. The number of nitrogens with one attached hydrogen (secondary N) is 2. The molecule has 1 aromatic carbocycles. The second-order valence-corrected chi connectivity index (χ2v) is 7.02. The molecule has 0 aliphatic heterocycles. The molecule has 2 aromatic rings. The molecule has 0 spiro atoms. The van der Waals surface area contributed by atoms with E-state index >= 15 is 0 Å². The summed E-state index contributed by atoms with van der Waals surface area (Å²) in [5.41, 5.74) is -0.166. The summed E-state index contributed by atoms with van der Waals surface area (Å²) in [5.74, 6) is -0.0691. The number of aromatic nitrogens is 2. The Morgan fingerprint density at radius 3 is 2.58 bits per heavy atom. The highest BCUT2D eigenvalue weighted by atomic mass is 32.2. The molecule has 1 heterocycles. The molecule has 0 saturated heterocycles. The van der Waals surface area contributed by atoms with Gasteiger partial charge in [-0.3, -0.25) is 14.3 Å². The first kappa shape index (κ1) is 18.1. The van der Waals surface area contributed by atoms with Gasteiger partial charge in [0, 0.05) is 25.4 Å². The Kier molecular flexibility index (Phi) is 6.47. The minimum atomic E-state index is -3.38. The molecule has 0 bridgehead atoms. The SMILES string of the molecule is O=c1ccn(COCCCS(=O)(=O)NCc2ccccc2)c(=O)[nH]1. The number of hydrogen-bond donors (Lipinski definition) is 2. The number of hydrogen-bond acceptors (Lipinski definition) is 5. The van der Waals surface area contributed by atoms with Crippen molar-refractivity contribution in [1.82, 2.24) is 14.3 Å². The van der Waals surface area contributed by atoms with Gasteiger partial charge >= 0.3 is 5.69 Å². The normalized spacial score (nSPS) is 11.5. The van der Waals surface area contributed by atoms with E-state index < -0.39 is 21.3 Å². The molecule has 8 nitrogen and oxygen atoms in total. The molecule has 9 heteroatoms. The van der Waals surface area contributed by atoms with E-state index in [0.29, 0.717) is 6.42 Å². The number of nitrogens with zero attached hydrogens (tertiary/aromatic N) is 1. The molecule has 0 atom stereocenters. The van der Waals surface area contributed by atoms with Gasteiger partial charge in [0.25, 0.3) is 5.56 Å². The van der Waals surface area contributed by atoms with Crippen LogP contribution in [0.2, 0.25) is 0 Å². The summed E-state index contributed by atoms with van der Waals surface area (Å²) < 4.78 is 32.7. The fraction of sp³-hybridized carbons (Fsp3) is 0.333. The fourth-order valence-electron chi connectivity index (χ4n) is 1.92. The van der Waals surface area contributed by atoms with E-state index in [1.54, 1.807) is 0 Å². The summed E-state index contributed by atoms with van der Waals surface area (Å²) in [6.07, 6.45) is 1.61. The van der Waals surface area contributed by atoms with Crippen LogP contribution < -0.4 is 16.0 Å². The summed E-state index contributed by atoms with van der Waals surface area (Å²) >= 11 is 0. The van der Waals surface area contributed by atoms with E-state index in [4.69, 9.17) is 4.74 Å². The first-order chi connectivity index (χ1) is 11.5. The largest absolute Gasteiger partial charge is 0.361 e. The van der Waals surface area contributed by atoms with Crippen LogP contribution in [0, 0.1) is 0 Å². The van der Waals surface area contributed by atoms with Crippen LogP contribution >= 0.6 is 0 Å². The number of ether oxygens (including phenoxy) is 1. The summed E-state index contributed by atoms with van der Waals surface area (Å²) in [7, 11) is -3.38. The number of rotatable bonds is 9. The van der Waals surface area contributed by atoms with Crippen LogP contribution in [0.15, 0.2) is 52.2 Å². The van der Waals surface area contributed by atoms with Crippen LogP contribution in [0.25, 0.3) is 0 Å². The Labute approximate surface area is 139 Å². The smallest absolute Gasteiger partial charge is 0.330 e. The Balaban J connectivity index is 1.69. The van der Waals surface area contributed by atoms with Gasteiger partial charge in [0.15, 0.2) is 0 Å². The van der Waals surface area contributed by atoms with Crippen molar-refractivity contribution in [2.24, 2.45) is 0 Å². The van der Waals surface area contributed by atoms with Gasteiger partial charge in [-0.25, -0.2) is 17.9 Å². The van der Waals surface area contributed by atoms with E-state index in [1.807, 2.05) is 30.3 Å². The molecule has 2 N–H and O–H groups in total. The number of aromatic amines is 1. The molecule has 24 heavy (non-hydrogen) atoms. The van der Waals surface area contributed by atoms with Gasteiger partial charge in [-0.2, -0.15) is 0 Å². The van der Waals surface area contributed by atoms with Gasteiger partial charge in [-0.15, -0.1) is 0 Å². The lowest BCUT2D eigenvalue weighted by Crippen LogP contribution is -2.29. The van der Waals surface area contributed by atoms with Crippen LogP contribution in [-0.4, -0.2) is 30.3 Å². The molecular weight excluding hydrogens is 334 g/mol. The van der Waals surface area contributed by atoms with Gasteiger partial charge in [0.1, 0.15) is 6.73 Å². The predicted octanol–water partition coefficient (Wildman–Crippen LogP) is 0.0204. The van der Waals surface area contributed by atoms with E-state index in [0.717, 1.165) is 5.56 Å². The van der Waals surface area contributed by atoms with Crippen molar-refractivity contribution in [2.75, 3.05) is 12.4 Å². The molecule has 0 unspecified atom stereocenters. The first-order valence-corrected chi connectivity index (χ1v) is 9.00. The maximum atomic E-state index is 11.9. The minimum absolute atomic E-state index is 0.0485. The van der Waals surface area contributed by atoms with Crippen molar-refractivity contribution in [1.29, 1.82) is 0 Å². The van der Waals surface area contributed by atoms with E-state index in [-0.39, 0.29) is 25.6 Å². The van der Waals surface area contributed by atoms with E-state index in [9.17, 15) is 18.0 Å². The quantitative estimate of drug-likeness (QED) is 0.618. The average Bonchev–Trinajstić information content (AvgIpc) is 2.55. The van der Waals surface area contributed by atoms with E-state index in [2.05, 4.69) is 9.71 Å². The van der Waals surface area contributed by atoms with Crippen LogP contribution in [0.1, 0.15) is 12.0 Å². The van der Waals surface area contributed by atoms with Crippen LogP contribution in [-0.2, 0) is 28.0 Å². The van der Waals surface area contributed by atoms with Gasteiger partial charge in [-0.05, 0) is 12.0 Å². The topological polar surface area (TPSA) is 110 Å². The highest BCUT2D eigenvalue weighted by Crippen LogP contribution is 1.99. The molecule has 130 valence electrons. The van der Waals surface area contributed by atoms with Crippen molar-refractivity contribution in [3.05, 3.63) is 69.0 Å². The highest BCUT2D eigenvalue weighted by molar-refractivity contribution is 7.89. The molecular formula is C15H19N3O5S. The van der Waals surface area contributed by atoms with Gasteiger partial charge in [0.05, 0.1) is 5.75 Å².